The normalized spacial score (nSPS) is 11.9. The summed E-state index contributed by atoms with van der Waals surface area (Å²) < 4.78 is 5.27. The molecule has 0 spiro atoms. The number of nitrogens with one attached hydrogen (secondary N) is 1. The summed E-state index contributed by atoms with van der Waals surface area (Å²) in [6.45, 7) is 1.57. The van der Waals surface area contributed by atoms with Crippen molar-refractivity contribution < 1.29 is 14.3 Å². The highest BCUT2D eigenvalue weighted by Gasteiger charge is 2.22. The van der Waals surface area contributed by atoms with E-state index < -0.39 is 12.1 Å². The summed E-state index contributed by atoms with van der Waals surface area (Å²) in [6.07, 6.45) is 2.06. The molecule has 1 atom stereocenters. The summed E-state index contributed by atoms with van der Waals surface area (Å²) in [5.74, 6) is -0.920. The minimum atomic E-state index is -0.919. The van der Waals surface area contributed by atoms with Gasteiger partial charge in [0.25, 0.3) is 5.91 Å². The van der Waals surface area contributed by atoms with E-state index in [9.17, 15) is 9.59 Å². The molecule has 0 aromatic heterocycles. The lowest BCUT2D eigenvalue weighted by Gasteiger charge is -2.22. The Morgan fingerprint density at radius 2 is 1.28 bits per heavy atom. The maximum Gasteiger partial charge on any atom is 0.331 e. The number of hydrogen-bond acceptors (Lipinski definition) is 3. The van der Waals surface area contributed by atoms with Gasteiger partial charge in [-0.15, -0.1) is 0 Å². The molecule has 0 aliphatic heterocycles. The van der Waals surface area contributed by atoms with Crippen LogP contribution in [-0.4, -0.2) is 18.0 Å². The first kappa shape index (κ1) is 20.1. The van der Waals surface area contributed by atoms with Crippen LogP contribution >= 0.6 is 0 Å². The molecule has 0 aliphatic carbocycles. The van der Waals surface area contributed by atoms with Crippen LogP contribution in [0.5, 0.6) is 0 Å². The molecule has 3 aromatic carbocycles. The van der Waals surface area contributed by atoms with Gasteiger partial charge in [-0.1, -0.05) is 91.0 Å². The number of carbonyl (C=O) groups excluding carboxylic acids is 2. The first-order chi connectivity index (χ1) is 14.1. The molecule has 0 saturated carbocycles. The van der Waals surface area contributed by atoms with Crippen molar-refractivity contribution in [3.63, 3.8) is 0 Å². The van der Waals surface area contributed by atoms with Gasteiger partial charge in [-0.25, -0.2) is 4.79 Å². The fraction of sp³-hybridized carbons (Fsp3) is 0.120. The van der Waals surface area contributed by atoms with Crippen molar-refractivity contribution in [2.75, 3.05) is 0 Å². The second kappa shape index (κ2) is 10.0. The monoisotopic (exact) mass is 385 g/mol. The predicted molar refractivity (Wildman–Crippen MR) is 114 cm³/mol. The Balaban J connectivity index is 1.66. The molecule has 3 aromatic rings. The zero-order valence-corrected chi connectivity index (χ0v) is 16.2. The molecule has 0 saturated heterocycles. The lowest BCUT2D eigenvalue weighted by molar-refractivity contribution is -0.150. The Hall–Kier alpha value is -3.66. The number of carbonyl (C=O) groups is 2. The molecule has 1 N–H and O–H groups in total. The maximum atomic E-state index is 12.7. The topological polar surface area (TPSA) is 55.4 Å². The number of esters is 1. The van der Waals surface area contributed by atoms with Crippen LogP contribution in [0.25, 0.3) is 6.08 Å². The zero-order valence-electron chi connectivity index (χ0n) is 16.2. The van der Waals surface area contributed by atoms with Gasteiger partial charge in [-0.3, -0.25) is 4.79 Å². The van der Waals surface area contributed by atoms with Gasteiger partial charge >= 0.3 is 5.97 Å². The Bertz CT molecular complexity index is 914. The summed E-state index contributed by atoms with van der Waals surface area (Å²) in [5, 5.41) is 2.99. The second-order valence-electron chi connectivity index (χ2n) is 6.59. The van der Waals surface area contributed by atoms with Gasteiger partial charge in [0.15, 0.2) is 6.10 Å². The van der Waals surface area contributed by atoms with Crippen LogP contribution in [0.2, 0.25) is 0 Å². The Morgan fingerprint density at radius 3 is 1.79 bits per heavy atom. The molecule has 0 heterocycles. The lowest BCUT2D eigenvalue weighted by Crippen LogP contribution is -2.38. The van der Waals surface area contributed by atoms with E-state index >= 15 is 0 Å². The first-order valence-corrected chi connectivity index (χ1v) is 9.47. The smallest absolute Gasteiger partial charge is 0.331 e. The largest absolute Gasteiger partial charge is 0.449 e. The van der Waals surface area contributed by atoms with Crippen molar-refractivity contribution in [3.05, 3.63) is 114 Å². The third-order valence-electron chi connectivity index (χ3n) is 4.43. The summed E-state index contributed by atoms with van der Waals surface area (Å²) in [4.78, 5) is 24.8. The summed E-state index contributed by atoms with van der Waals surface area (Å²) in [6, 6.07) is 28.5. The van der Waals surface area contributed by atoms with Crippen molar-refractivity contribution >= 4 is 18.0 Å². The molecule has 146 valence electrons. The molecule has 0 fully saturated rings. The minimum absolute atomic E-state index is 0.328. The Morgan fingerprint density at radius 1 is 0.793 bits per heavy atom. The van der Waals surface area contributed by atoms with E-state index in [0.717, 1.165) is 16.7 Å². The zero-order chi connectivity index (χ0) is 20.5. The van der Waals surface area contributed by atoms with Crippen molar-refractivity contribution in [3.8, 4) is 0 Å². The van der Waals surface area contributed by atoms with E-state index in [4.69, 9.17) is 4.74 Å². The summed E-state index contributed by atoms with van der Waals surface area (Å²) >= 11 is 0. The number of amides is 1. The quantitative estimate of drug-likeness (QED) is 0.480. The third kappa shape index (κ3) is 5.91. The van der Waals surface area contributed by atoms with Crippen LogP contribution in [0, 0.1) is 0 Å². The molecule has 0 bridgehead atoms. The van der Waals surface area contributed by atoms with Gasteiger partial charge in [0.2, 0.25) is 0 Å². The number of ether oxygens (including phenoxy) is 1. The van der Waals surface area contributed by atoms with Crippen LogP contribution in [0.3, 0.4) is 0 Å². The first-order valence-electron chi connectivity index (χ1n) is 9.47. The number of benzene rings is 3. The van der Waals surface area contributed by atoms with Crippen LogP contribution in [-0.2, 0) is 14.3 Å². The molecule has 0 aliphatic rings. The predicted octanol–water partition coefficient (Wildman–Crippen LogP) is 4.54. The molecule has 4 heteroatoms. The highest BCUT2D eigenvalue weighted by Crippen LogP contribution is 2.22. The molecule has 3 rings (SSSR count). The van der Waals surface area contributed by atoms with Gasteiger partial charge in [-0.05, 0) is 29.7 Å². The van der Waals surface area contributed by atoms with Crippen LogP contribution in [0.15, 0.2) is 97.1 Å². The van der Waals surface area contributed by atoms with E-state index in [1.807, 2.05) is 91.0 Å². The average Bonchev–Trinajstić information content (AvgIpc) is 2.77. The van der Waals surface area contributed by atoms with Gasteiger partial charge in [0.05, 0.1) is 6.04 Å². The van der Waals surface area contributed by atoms with Gasteiger partial charge < -0.3 is 10.1 Å². The number of hydrogen-bond donors (Lipinski definition) is 1. The molecular formula is C25H23NO3. The molecule has 0 unspecified atom stereocenters. The highest BCUT2D eigenvalue weighted by atomic mass is 16.5. The lowest BCUT2D eigenvalue weighted by atomic mass is 9.98. The number of rotatable bonds is 7. The summed E-state index contributed by atoms with van der Waals surface area (Å²) in [5.41, 5.74) is 2.79. The molecule has 1 amide bonds. The van der Waals surface area contributed by atoms with Crippen LogP contribution in [0.1, 0.15) is 29.7 Å². The Labute approximate surface area is 170 Å². The standard InChI is InChI=1S/C25H23NO3/c1-19(29-23(27)18-17-20-11-5-2-6-12-20)25(28)26-24(21-13-7-3-8-14-21)22-15-9-4-10-16-22/h2-19,24H,1H3,(H,26,28)/b18-17+/t19-/m0/s1. The van der Waals surface area contributed by atoms with E-state index in [1.165, 1.54) is 6.08 Å². The van der Waals surface area contributed by atoms with E-state index in [2.05, 4.69) is 5.32 Å². The van der Waals surface area contributed by atoms with Crippen molar-refractivity contribution in [2.45, 2.75) is 19.1 Å². The van der Waals surface area contributed by atoms with Crippen molar-refractivity contribution in [1.82, 2.24) is 5.32 Å². The van der Waals surface area contributed by atoms with E-state index in [0.29, 0.717) is 0 Å². The SMILES string of the molecule is C[C@H](OC(=O)/C=C/c1ccccc1)C(=O)NC(c1ccccc1)c1ccccc1. The fourth-order valence-electron chi connectivity index (χ4n) is 2.91. The van der Waals surface area contributed by atoms with Crippen LogP contribution in [0.4, 0.5) is 0 Å². The highest BCUT2D eigenvalue weighted by molar-refractivity contribution is 5.90. The van der Waals surface area contributed by atoms with E-state index in [1.54, 1.807) is 13.0 Å². The van der Waals surface area contributed by atoms with Crippen molar-refractivity contribution in [1.29, 1.82) is 0 Å². The minimum Gasteiger partial charge on any atom is -0.449 e. The van der Waals surface area contributed by atoms with Crippen LogP contribution < -0.4 is 5.32 Å². The molecule has 4 nitrogen and oxygen atoms in total. The van der Waals surface area contributed by atoms with Crippen molar-refractivity contribution in [2.24, 2.45) is 0 Å². The third-order valence-corrected chi connectivity index (χ3v) is 4.43. The molecule has 29 heavy (non-hydrogen) atoms. The van der Waals surface area contributed by atoms with Gasteiger partial charge in [-0.2, -0.15) is 0 Å². The van der Waals surface area contributed by atoms with Gasteiger partial charge in [0, 0.05) is 6.08 Å². The summed E-state index contributed by atoms with van der Waals surface area (Å²) in [7, 11) is 0. The van der Waals surface area contributed by atoms with E-state index in [-0.39, 0.29) is 11.9 Å². The maximum absolute atomic E-state index is 12.7. The van der Waals surface area contributed by atoms with Gasteiger partial charge in [0.1, 0.15) is 0 Å². The molecule has 0 radical (unpaired) electrons. The Kier molecular flexibility index (Phi) is 6.95. The fourth-order valence-corrected chi connectivity index (χ4v) is 2.91. The average molecular weight is 385 g/mol. The molecular weight excluding hydrogens is 362 g/mol. The second-order valence-corrected chi connectivity index (χ2v) is 6.59.